The van der Waals surface area contributed by atoms with Gasteiger partial charge in [-0.1, -0.05) is 18.2 Å². The normalized spacial score (nSPS) is 17.8. The number of amides is 1. The number of carbonyl (C=O) groups excluding carboxylic acids is 2. The minimum Gasteiger partial charge on any atom is -0.493 e. The first-order valence-electron chi connectivity index (χ1n) is 12.6. The van der Waals surface area contributed by atoms with Crippen LogP contribution in [0.5, 0.6) is 5.75 Å². The average Bonchev–Trinajstić information content (AvgIpc) is 2.85. The first kappa shape index (κ1) is 27.5. The molecule has 0 spiro atoms. The van der Waals surface area contributed by atoms with Crippen LogP contribution in [0, 0.1) is 0 Å². The lowest BCUT2D eigenvalue weighted by Crippen LogP contribution is -2.27. The maximum Gasteiger partial charge on any atom is 0.412 e. The molecule has 1 aliphatic carbocycles. The third-order valence-corrected chi connectivity index (χ3v) is 6.03. The summed E-state index contributed by atoms with van der Waals surface area (Å²) in [5.74, 6) is 1.07. The molecule has 0 aliphatic heterocycles. The van der Waals surface area contributed by atoms with Crippen LogP contribution in [0.15, 0.2) is 42.6 Å². The lowest BCUT2D eigenvalue weighted by atomic mass is 9.82. The van der Waals surface area contributed by atoms with Crippen molar-refractivity contribution in [3.05, 3.63) is 53.9 Å². The molecule has 8 nitrogen and oxygen atoms in total. The van der Waals surface area contributed by atoms with Crippen molar-refractivity contribution in [1.82, 2.24) is 4.98 Å². The van der Waals surface area contributed by atoms with Crippen molar-refractivity contribution in [2.45, 2.75) is 83.5 Å². The fourth-order valence-corrected chi connectivity index (χ4v) is 4.27. The summed E-state index contributed by atoms with van der Waals surface area (Å²) in [7, 11) is 1.40. The van der Waals surface area contributed by atoms with Gasteiger partial charge >= 0.3 is 12.1 Å². The van der Waals surface area contributed by atoms with Gasteiger partial charge in [0.2, 0.25) is 0 Å². The Morgan fingerprint density at radius 1 is 1.06 bits per heavy atom. The second-order valence-corrected chi connectivity index (χ2v) is 9.98. The van der Waals surface area contributed by atoms with Crippen LogP contribution in [0.3, 0.4) is 0 Å². The van der Waals surface area contributed by atoms with Crippen LogP contribution in [0.1, 0.15) is 76.5 Å². The Morgan fingerprint density at radius 2 is 1.81 bits per heavy atom. The number of nitrogens with one attached hydrogen (secondary N) is 1. The third-order valence-electron chi connectivity index (χ3n) is 6.03. The SMILES string of the molecule is COC(=O)CCCOc1ccccc1C1CCC(OCc2ncccc2NC(=O)OC(C)(C)C)CC1. The van der Waals surface area contributed by atoms with E-state index in [1.165, 1.54) is 12.7 Å². The summed E-state index contributed by atoms with van der Waals surface area (Å²) in [5, 5.41) is 2.78. The predicted octanol–water partition coefficient (Wildman–Crippen LogP) is 6.00. The van der Waals surface area contributed by atoms with Gasteiger partial charge in [0.05, 0.1) is 37.8 Å². The number of rotatable bonds is 10. The molecule has 1 aromatic heterocycles. The Kier molecular flexibility index (Phi) is 10.1. The topological polar surface area (TPSA) is 96.0 Å². The number of benzene rings is 1. The summed E-state index contributed by atoms with van der Waals surface area (Å²) in [4.78, 5) is 27.9. The van der Waals surface area contributed by atoms with Gasteiger partial charge < -0.3 is 18.9 Å². The number of pyridine rings is 1. The molecule has 0 saturated heterocycles. The second-order valence-electron chi connectivity index (χ2n) is 9.98. The van der Waals surface area contributed by atoms with Gasteiger partial charge in [0.1, 0.15) is 11.4 Å². The van der Waals surface area contributed by atoms with E-state index in [9.17, 15) is 9.59 Å². The van der Waals surface area contributed by atoms with Crippen molar-refractivity contribution in [3.8, 4) is 5.75 Å². The average molecular weight is 499 g/mol. The van der Waals surface area contributed by atoms with E-state index in [-0.39, 0.29) is 12.1 Å². The molecule has 1 saturated carbocycles. The number of methoxy groups -OCH3 is 1. The van der Waals surface area contributed by atoms with Crippen molar-refractivity contribution in [1.29, 1.82) is 0 Å². The van der Waals surface area contributed by atoms with Gasteiger partial charge in [-0.2, -0.15) is 0 Å². The molecule has 36 heavy (non-hydrogen) atoms. The highest BCUT2D eigenvalue weighted by Crippen LogP contribution is 2.38. The van der Waals surface area contributed by atoms with Gasteiger partial charge in [0, 0.05) is 12.6 Å². The summed E-state index contributed by atoms with van der Waals surface area (Å²) in [6.07, 6.45) is 6.15. The number of aromatic nitrogens is 1. The lowest BCUT2D eigenvalue weighted by Gasteiger charge is -2.30. The molecule has 1 fully saturated rings. The minimum atomic E-state index is -0.575. The standard InChI is InChI=1S/C28H38N2O6/c1-28(2,3)36-27(32)30-23-10-7-17-29-24(23)19-35-21-15-13-20(14-16-21)22-9-5-6-11-25(22)34-18-8-12-26(31)33-4/h5-7,9-11,17,20-21H,8,12-16,18-19H2,1-4H3,(H,30,32). The highest BCUT2D eigenvalue weighted by molar-refractivity contribution is 5.85. The maximum absolute atomic E-state index is 12.2. The van der Waals surface area contributed by atoms with Gasteiger partial charge in [-0.3, -0.25) is 15.1 Å². The molecule has 1 aromatic carbocycles. The van der Waals surface area contributed by atoms with Crippen molar-refractivity contribution in [3.63, 3.8) is 0 Å². The molecular formula is C28H38N2O6. The Hall–Kier alpha value is -3.13. The molecule has 0 radical (unpaired) electrons. The molecule has 3 rings (SSSR count). The molecule has 0 bridgehead atoms. The smallest absolute Gasteiger partial charge is 0.412 e. The van der Waals surface area contributed by atoms with Crippen LogP contribution >= 0.6 is 0 Å². The fourth-order valence-electron chi connectivity index (χ4n) is 4.27. The Balaban J connectivity index is 1.49. The van der Waals surface area contributed by atoms with E-state index in [4.69, 9.17) is 14.2 Å². The number of para-hydroxylation sites is 1. The molecule has 196 valence electrons. The zero-order chi connectivity index (χ0) is 26.0. The van der Waals surface area contributed by atoms with E-state index in [0.717, 1.165) is 31.4 Å². The zero-order valence-corrected chi connectivity index (χ0v) is 21.7. The number of hydrogen-bond acceptors (Lipinski definition) is 7. The fraction of sp³-hybridized carbons (Fsp3) is 0.536. The summed E-state index contributed by atoms with van der Waals surface area (Å²) >= 11 is 0. The number of esters is 1. The highest BCUT2D eigenvalue weighted by Gasteiger charge is 2.25. The minimum absolute atomic E-state index is 0.130. The zero-order valence-electron chi connectivity index (χ0n) is 21.7. The second kappa shape index (κ2) is 13.3. The van der Waals surface area contributed by atoms with Crippen LogP contribution in [-0.4, -0.2) is 42.5 Å². The summed E-state index contributed by atoms with van der Waals surface area (Å²) < 4.78 is 22.2. The largest absolute Gasteiger partial charge is 0.493 e. The number of hydrogen-bond donors (Lipinski definition) is 1. The first-order chi connectivity index (χ1) is 17.2. The molecule has 0 atom stereocenters. The van der Waals surface area contributed by atoms with Gasteiger partial charge in [0.15, 0.2) is 0 Å². The molecule has 0 unspecified atom stereocenters. The molecule has 2 aromatic rings. The molecular weight excluding hydrogens is 460 g/mol. The first-order valence-corrected chi connectivity index (χ1v) is 12.6. The molecule has 1 N–H and O–H groups in total. The van der Waals surface area contributed by atoms with E-state index < -0.39 is 11.7 Å². The Labute approximate surface area is 213 Å². The van der Waals surface area contributed by atoms with Crippen molar-refractivity contribution in [2.75, 3.05) is 19.0 Å². The van der Waals surface area contributed by atoms with Gasteiger partial charge in [-0.05, 0) is 82.6 Å². The van der Waals surface area contributed by atoms with Crippen molar-refractivity contribution >= 4 is 17.7 Å². The van der Waals surface area contributed by atoms with Crippen LogP contribution in [0.2, 0.25) is 0 Å². The maximum atomic E-state index is 12.2. The Bertz CT molecular complexity index is 996. The van der Waals surface area contributed by atoms with E-state index >= 15 is 0 Å². The van der Waals surface area contributed by atoms with Crippen LogP contribution < -0.4 is 10.1 Å². The molecule has 1 amide bonds. The number of ether oxygens (including phenoxy) is 4. The monoisotopic (exact) mass is 498 g/mol. The molecule has 1 heterocycles. The summed E-state index contributed by atoms with van der Waals surface area (Å²) in [6.45, 7) is 6.28. The predicted molar refractivity (Wildman–Crippen MR) is 137 cm³/mol. The van der Waals surface area contributed by atoms with E-state index in [0.29, 0.717) is 43.4 Å². The highest BCUT2D eigenvalue weighted by atomic mass is 16.6. The van der Waals surface area contributed by atoms with E-state index in [1.54, 1.807) is 18.3 Å². The third kappa shape index (κ3) is 8.82. The summed E-state index contributed by atoms with van der Waals surface area (Å²) in [5.41, 5.74) is 1.91. The summed E-state index contributed by atoms with van der Waals surface area (Å²) in [6, 6.07) is 11.7. The number of carbonyl (C=O) groups is 2. The molecule has 1 aliphatic rings. The lowest BCUT2D eigenvalue weighted by molar-refractivity contribution is -0.140. The van der Waals surface area contributed by atoms with Gasteiger partial charge in [-0.15, -0.1) is 0 Å². The van der Waals surface area contributed by atoms with E-state index in [1.807, 2.05) is 39.0 Å². The van der Waals surface area contributed by atoms with Crippen LogP contribution in [0.4, 0.5) is 10.5 Å². The van der Waals surface area contributed by atoms with Crippen LogP contribution in [0.25, 0.3) is 0 Å². The van der Waals surface area contributed by atoms with Crippen molar-refractivity contribution in [2.24, 2.45) is 0 Å². The number of anilines is 1. The van der Waals surface area contributed by atoms with Gasteiger partial charge in [0.25, 0.3) is 0 Å². The van der Waals surface area contributed by atoms with Gasteiger partial charge in [-0.25, -0.2) is 4.79 Å². The van der Waals surface area contributed by atoms with Crippen LogP contribution in [-0.2, 0) is 25.6 Å². The molecule has 8 heteroatoms. The number of nitrogens with zero attached hydrogens (tertiary/aromatic N) is 1. The quantitative estimate of drug-likeness (QED) is 0.317. The van der Waals surface area contributed by atoms with Crippen molar-refractivity contribution < 1.29 is 28.5 Å². The van der Waals surface area contributed by atoms with E-state index in [2.05, 4.69) is 21.1 Å². The Morgan fingerprint density at radius 3 is 2.53 bits per heavy atom.